The SMILES string of the molecule is Nc1ccc(OCCOCCOCCOCCOCC=O)cc1. The number of rotatable bonds is 15. The molecule has 0 bridgehead atoms. The lowest BCUT2D eigenvalue weighted by atomic mass is 10.3. The lowest BCUT2D eigenvalue weighted by Crippen LogP contribution is -2.14. The van der Waals surface area contributed by atoms with E-state index in [1.807, 2.05) is 12.1 Å². The molecular weight excluding hydrogens is 302 g/mol. The Hall–Kier alpha value is -1.67. The third kappa shape index (κ3) is 11.5. The van der Waals surface area contributed by atoms with Gasteiger partial charge in [-0.1, -0.05) is 0 Å². The maximum Gasteiger partial charge on any atom is 0.145 e. The normalized spacial score (nSPS) is 10.6. The average molecular weight is 327 g/mol. The highest BCUT2D eigenvalue weighted by atomic mass is 16.6. The van der Waals surface area contributed by atoms with Crippen LogP contribution in [-0.2, 0) is 23.7 Å². The minimum Gasteiger partial charge on any atom is -0.491 e. The molecule has 7 heteroatoms. The summed E-state index contributed by atoms with van der Waals surface area (Å²) >= 11 is 0. The summed E-state index contributed by atoms with van der Waals surface area (Å²) in [7, 11) is 0. The van der Waals surface area contributed by atoms with Crippen molar-refractivity contribution in [3.8, 4) is 5.75 Å². The number of aldehydes is 1. The second-order valence-electron chi connectivity index (χ2n) is 4.50. The van der Waals surface area contributed by atoms with Gasteiger partial charge in [0.2, 0.25) is 0 Å². The molecule has 2 N–H and O–H groups in total. The van der Waals surface area contributed by atoms with E-state index in [4.69, 9.17) is 29.4 Å². The fourth-order valence-electron chi connectivity index (χ4n) is 1.57. The zero-order chi connectivity index (χ0) is 16.6. The van der Waals surface area contributed by atoms with Crippen LogP contribution in [0.3, 0.4) is 0 Å². The lowest BCUT2D eigenvalue weighted by Gasteiger charge is -2.08. The first-order valence-electron chi connectivity index (χ1n) is 7.56. The molecule has 0 heterocycles. The van der Waals surface area contributed by atoms with E-state index in [2.05, 4.69) is 0 Å². The summed E-state index contributed by atoms with van der Waals surface area (Å²) in [6, 6.07) is 7.23. The summed E-state index contributed by atoms with van der Waals surface area (Å²) in [5.74, 6) is 0.772. The minimum absolute atomic E-state index is 0.110. The van der Waals surface area contributed by atoms with Gasteiger partial charge in [0.15, 0.2) is 0 Å². The average Bonchev–Trinajstić information content (AvgIpc) is 2.57. The minimum atomic E-state index is 0.110. The predicted molar refractivity (Wildman–Crippen MR) is 85.7 cm³/mol. The van der Waals surface area contributed by atoms with Crippen LogP contribution in [0.1, 0.15) is 0 Å². The van der Waals surface area contributed by atoms with Crippen LogP contribution >= 0.6 is 0 Å². The Morgan fingerprint density at radius 2 is 1.22 bits per heavy atom. The summed E-state index contributed by atoms with van der Waals surface area (Å²) in [4.78, 5) is 9.98. The van der Waals surface area contributed by atoms with Crippen LogP contribution in [0.25, 0.3) is 0 Å². The maximum atomic E-state index is 9.98. The molecule has 1 aromatic carbocycles. The van der Waals surface area contributed by atoms with Crippen molar-refractivity contribution in [2.45, 2.75) is 0 Å². The smallest absolute Gasteiger partial charge is 0.145 e. The van der Waals surface area contributed by atoms with Gasteiger partial charge in [-0.3, -0.25) is 0 Å². The van der Waals surface area contributed by atoms with E-state index in [1.165, 1.54) is 0 Å². The third-order valence-electron chi connectivity index (χ3n) is 2.68. The molecule has 0 unspecified atom stereocenters. The number of ether oxygens (including phenoxy) is 5. The molecule has 0 saturated carbocycles. The van der Waals surface area contributed by atoms with Gasteiger partial charge in [-0.05, 0) is 24.3 Å². The van der Waals surface area contributed by atoms with E-state index < -0.39 is 0 Å². The number of nitrogens with two attached hydrogens (primary N) is 1. The Morgan fingerprint density at radius 3 is 1.74 bits per heavy atom. The van der Waals surface area contributed by atoms with Gasteiger partial charge in [-0.25, -0.2) is 0 Å². The Balaban J connectivity index is 1.78. The second kappa shape index (κ2) is 14.0. The monoisotopic (exact) mass is 327 g/mol. The predicted octanol–water partition coefficient (Wildman–Crippen LogP) is 0.913. The molecule has 0 aliphatic carbocycles. The zero-order valence-corrected chi connectivity index (χ0v) is 13.3. The Morgan fingerprint density at radius 1 is 0.739 bits per heavy atom. The van der Waals surface area contributed by atoms with E-state index >= 15 is 0 Å². The molecule has 0 aliphatic heterocycles. The molecule has 7 nitrogen and oxygen atoms in total. The summed E-state index contributed by atoms with van der Waals surface area (Å²) in [6.07, 6.45) is 0.712. The Labute approximate surface area is 136 Å². The number of hydrogen-bond acceptors (Lipinski definition) is 7. The highest BCUT2D eigenvalue weighted by molar-refractivity contribution is 5.50. The van der Waals surface area contributed by atoms with Crippen LogP contribution in [0.2, 0.25) is 0 Å². The summed E-state index contributed by atoms with van der Waals surface area (Å²) in [6.45, 7) is 3.96. The Kier molecular flexibility index (Phi) is 11.8. The number of carbonyl (C=O) groups excluding carboxylic acids is 1. The van der Waals surface area contributed by atoms with Crippen molar-refractivity contribution in [3.63, 3.8) is 0 Å². The van der Waals surface area contributed by atoms with Crippen molar-refractivity contribution < 1.29 is 28.5 Å². The van der Waals surface area contributed by atoms with Crippen molar-refractivity contribution in [3.05, 3.63) is 24.3 Å². The molecule has 0 saturated heterocycles. The van der Waals surface area contributed by atoms with E-state index in [0.29, 0.717) is 64.8 Å². The fraction of sp³-hybridized carbons (Fsp3) is 0.562. The van der Waals surface area contributed by atoms with Crippen LogP contribution in [0.4, 0.5) is 5.69 Å². The van der Waals surface area contributed by atoms with E-state index in [0.717, 1.165) is 5.75 Å². The Bertz CT molecular complexity index is 398. The quantitative estimate of drug-likeness (QED) is 0.291. The van der Waals surface area contributed by atoms with Crippen molar-refractivity contribution >= 4 is 12.0 Å². The van der Waals surface area contributed by atoms with E-state index in [1.54, 1.807) is 12.1 Å². The third-order valence-corrected chi connectivity index (χ3v) is 2.68. The molecule has 0 fully saturated rings. The van der Waals surface area contributed by atoms with Crippen molar-refractivity contribution in [1.82, 2.24) is 0 Å². The number of benzene rings is 1. The molecule has 0 amide bonds. The van der Waals surface area contributed by atoms with Crippen LogP contribution < -0.4 is 10.5 Å². The van der Waals surface area contributed by atoms with Gasteiger partial charge < -0.3 is 34.2 Å². The highest BCUT2D eigenvalue weighted by Crippen LogP contribution is 2.12. The van der Waals surface area contributed by atoms with Crippen LogP contribution in [-0.4, -0.2) is 65.7 Å². The second-order valence-corrected chi connectivity index (χ2v) is 4.50. The van der Waals surface area contributed by atoms with Crippen LogP contribution in [0.15, 0.2) is 24.3 Å². The van der Waals surface area contributed by atoms with E-state index in [9.17, 15) is 4.79 Å². The number of nitrogen functional groups attached to an aromatic ring is 1. The molecule has 130 valence electrons. The standard InChI is InChI=1S/C16H25NO6/c17-15-1-3-16(4-2-15)23-14-13-22-12-11-21-10-9-20-8-7-19-6-5-18/h1-5H,6-14,17H2. The number of hydrogen-bond donors (Lipinski definition) is 1. The molecular formula is C16H25NO6. The summed E-state index contributed by atoms with van der Waals surface area (Å²) in [5, 5.41) is 0. The van der Waals surface area contributed by atoms with Crippen molar-refractivity contribution in [2.75, 3.05) is 65.2 Å². The van der Waals surface area contributed by atoms with Gasteiger partial charge in [-0.15, -0.1) is 0 Å². The number of anilines is 1. The first-order chi connectivity index (χ1) is 11.3. The van der Waals surface area contributed by atoms with Crippen molar-refractivity contribution in [2.24, 2.45) is 0 Å². The maximum absolute atomic E-state index is 9.98. The molecule has 0 spiro atoms. The van der Waals surface area contributed by atoms with Gasteiger partial charge >= 0.3 is 0 Å². The van der Waals surface area contributed by atoms with Gasteiger partial charge in [0.25, 0.3) is 0 Å². The van der Waals surface area contributed by atoms with Gasteiger partial charge in [-0.2, -0.15) is 0 Å². The molecule has 23 heavy (non-hydrogen) atoms. The highest BCUT2D eigenvalue weighted by Gasteiger charge is 1.95. The lowest BCUT2D eigenvalue weighted by molar-refractivity contribution is -0.112. The molecule has 1 aromatic rings. The first kappa shape index (κ1) is 19.4. The molecule has 0 aliphatic rings. The molecule has 0 atom stereocenters. The van der Waals surface area contributed by atoms with Gasteiger partial charge in [0.1, 0.15) is 25.2 Å². The van der Waals surface area contributed by atoms with Crippen LogP contribution in [0.5, 0.6) is 5.75 Å². The molecule has 0 radical (unpaired) electrons. The zero-order valence-electron chi connectivity index (χ0n) is 13.3. The number of carbonyl (C=O) groups is 1. The summed E-state index contributed by atoms with van der Waals surface area (Å²) < 4.78 is 26.4. The van der Waals surface area contributed by atoms with Gasteiger partial charge in [0, 0.05) is 5.69 Å². The molecule has 1 rings (SSSR count). The van der Waals surface area contributed by atoms with E-state index in [-0.39, 0.29) is 6.61 Å². The summed E-state index contributed by atoms with van der Waals surface area (Å²) in [5.41, 5.74) is 6.30. The van der Waals surface area contributed by atoms with Crippen LogP contribution in [0, 0.1) is 0 Å². The van der Waals surface area contributed by atoms with Crippen molar-refractivity contribution in [1.29, 1.82) is 0 Å². The first-order valence-corrected chi connectivity index (χ1v) is 7.56. The fourth-order valence-corrected chi connectivity index (χ4v) is 1.57. The topological polar surface area (TPSA) is 89.2 Å². The largest absolute Gasteiger partial charge is 0.491 e. The van der Waals surface area contributed by atoms with Gasteiger partial charge in [0.05, 0.1) is 46.2 Å². The molecule has 0 aromatic heterocycles.